The van der Waals surface area contributed by atoms with Crippen LogP contribution in [0.25, 0.3) is 0 Å². The fourth-order valence-corrected chi connectivity index (χ4v) is 2.83. The number of halogens is 1. The Bertz CT molecular complexity index is 671. The maximum Gasteiger partial charge on any atom is 0.260 e. The third-order valence-electron chi connectivity index (χ3n) is 3.17. The van der Waals surface area contributed by atoms with Gasteiger partial charge in [0.2, 0.25) is 5.75 Å². The second kappa shape index (κ2) is 6.24. The van der Waals surface area contributed by atoms with Crippen molar-refractivity contribution in [3.05, 3.63) is 39.8 Å². The van der Waals surface area contributed by atoms with E-state index in [4.69, 9.17) is 9.47 Å². The maximum atomic E-state index is 5.99. The van der Waals surface area contributed by atoms with Crippen molar-refractivity contribution in [2.45, 2.75) is 40.0 Å². The van der Waals surface area contributed by atoms with Gasteiger partial charge in [0.15, 0.2) is 0 Å². The number of hydrogen-bond acceptors (Lipinski definition) is 4. The number of hydrogen-bond donors (Lipinski definition) is 0. The van der Waals surface area contributed by atoms with Gasteiger partial charge in [-0.05, 0) is 47.0 Å². The Kier molecular flexibility index (Phi) is 4.75. The van der Waals surface area contributed by atoms with Crippen LogP contribution in [0.4, 0.5) is 0 Å². The zero-order chi connectivity index (χ0) is 16.5. The van der Waals surface area contributed by atoms with Gasteiger partial charge < -0.3 is 9.47 Å². The van der Waals surface area contributed by atoms with Gasteiger partial charge in [-0.3, -0.25) is 0 Å². The fraction of sp³-hybridized carbons (Fsp3) is 0.412. The molecular formula is C17H21BrN2O2. The number of aromatic nitrogens is 2. The van der Waals surface area contributed by atoms with Crippen LogP contribution >= 0.6 is 15.9 Å². The van der Waals surface area contributed by atoms with Crippen molar-refractivity contribution in [3.8, 4) is 17.4 Å². The maximum absolute atomic E-state index is 5.99. The molecule has 118 valence electrons. The first-order chi connectivity index (χ1) is 10.2. The van der Waals surface area contributed by atoms with E-state index in [1.807, 2.05) is 19.9 Å². The Morgan fingerprint density at radius 1 is 1.14 bits per heavy atom. The molecule has 22 heavy (non-hydrogen) atoms. The molecule has 1 aromatic heterocycles. The summed E-state index contributed by atoms with van der Waals surface area (Å²) in [6.07, 6.45) is 1.66. The van der Waals surface area contributed by atoms with Crippen LogP contribution in [0.5, 0.6) is 17.4 Å². The number of methoxy groups -OCH3 is 1. The lowest BCUT2D eigenvalue weighted by Crippen LogP contribution is -2.16. The molecule has 0 saturated carbocycles. The van der Waals surface area contributed by atoms with Crippen LogP contribution in [0.2, 0.25) is 0 Å². The number of ether oxygens (including phenoxy) is 2. The van der Waals surface area contributed by atoms with Gasteiger partial charge in [-0.15, -0.1) is 0 Å². The molecule has 0 aliphatic carbocycles. The predicted molar refractivity (Wildman–Crippen MR) is 91.0 cm³/mol. The van der Waals surface area contributed by atoms with E-state index in [1.165, 1.54) is 5.56 Å². The van der Waals surface area contributed by atoms with E-state index < -0.39 is 0 Å². The summed E-state index contributed by atoms with van der Waals surface area (Å²) in [6, 6.07) is 4.08. The molecule has 0 N–H and O–H groups in total. The van der Waals surface area contributed by atoms with Gasteiger partial charge in [-0.1, -0.05) is 26.8 Å². The van der Waals surface area contributed by atoms with Crippen molar-refractivity contribution in [1.82, 2.24) is 9.97 Å². The Morgan fingerprint density at radius 2 is 1.82 bits per heavy atom. The highest BCUT2D eigenvalue weighted by Gasteiger charge is 2.21. The second-order valence-electron chi connectivity index (χ2n) is 6.31. The molecule has 0 aliphatic heterocycles. The highest BCUT2D eigenvalue weighted by atomic mass is 79.9. The van der Waals surface area contributed by atoms with Gasteiger partial charge in [-0.2, -0.15) is 4.98 Å². The Morgan fingerprint density at radius 3 is 2.36 bits per heavy atom. The van der Waals surface area contributed by atoms with E-state index in [0.717, 1.165) is 21.6 Å². The van der Waals surface area contributed by atoms with Crippen LogP contribution in [0.1, 0.15) is 37.7 Å². The number of benzene rings is 1. The third kappa shape index (κ3) is 3.58. The summed E-state index contributed by atoms with van der Waals surface area (Å²) in [5, 5.41) is 0. The number of aryl methyl sites for hydroxylation is 2. The van der Waals surface area contributed by atoms with Gasteiger partial charge in [0.1, 0.15) is 11.6 Å². The van der Waals surface area contributed by atoms with E-state index in [-0.39, 0.29) is 5.41 Å². The van der Waals surface area contributed by atoms with Crippen LogP contribution in [-0.4, -0.2) is 17.1 Å². The SMILES string of the molecule is COc1nc(C(C)(C)C)ncc1Oc1c(C)cc(C)cc1Br. The quantitative estimate of drug-likeness (QED) is 0.772. The summed E-state index contributed by atoms with van der Waals surface area (Å²) in [5.74, 6) is 2.40. The normalized spacial score (nSPS) is 11.4. The minimum Gasteiger partial charge on any atom is -0.478 e. The van der Waals surface area contributed by atoms with E-state index in [1.54, 1.807) is 13.3 Å². The van der Waals surface area contributed by atoms with E-state index in [9.17, 15) is 0 Å². The minimum absolute atomic E-state index is 0.147. The third-order valence-corrected chi connectivity index (χ3v) is 3.76. The fourth-order valence-electron chi connectivity index (χ4n) is 2.07. The monoisotopic (exact) mass is 364 g/mol. The van der Waals surface area contributed by atoms with Crippen LogP contribution in [0.3, 0.4) is 0 Å². The predicted octanol–water partition coefficient (Wildman–Crippen LogP) is 4.95. The zero-order valence-electron chi connectivity index (χ0n) is 13.8. The molecule has 0 amide bonds. The first-order valence-electron chi connectivity index (χ1n) is 7.08. The standard InChI is InChI=1S/C17H21BrN2O2/c1-10-7-11(2)14(12(18)8-10)22-13-9-19-16(17(3,4)5)20-15(13)21-6/h7-9H,1-6H3. The van der Waals surface area contributed by atoms with Gasteiger partial charge >= 0.3 is 0 Å². The molecule has 1 aromatic carbocycles. The highest BCUT2D eigenvalue weighted by molar-refractivity contribution is 9.10. The lowest BCUT2D eigenvalue weighted by molar-refractivity contribution is 0.353. The lowest BCUT2D eigenvalue weighted by atomic mass is 9.96. The largest absolute Gasteiger partial charge is 0.478 e. The molecule has 2 rings (SSSR count). The Hall–Kier alpha value is -1.62. The summed E-state index contributed by atoms with van der Waals surface area (Å²) in [6.45, 7) is 10.2. The molecule has 0 radical (unpaired) electrons. The Labute approximate surface area is 140 Å². The van der Waals surface area contributed by atoms with Crippen LogP contribution in [0, 0.1) is 13.8 Å². The molecule has 5 heteroatoms. The van der Waals surface area contributed by atoms with Crippen molar-refractivity contribution < 1.29 is 9.47 Å². The van der Waals surface area contributed by atoms with Gasteiger partial charge in [0.25, 0.3) is 5.88 Å². The first kappa shape index (κ1) is 16.7. The summed E-state index contributed by atoms with van der Waals surface area (Å²) in [5.41, 5.74) is 2.06. The molecular weight excluding hydrogens is 344 g/mol. The minimum atomic E-state index is -0.147. The van der Waals surface area contributed by atoms with Crippen LogP contribution in [0.15, 0.2) is 22.8 Å². The van der Waals surface area contributed by atoms with Crippen molar-refractivity contribution in [2.24, 2.45) is 0 Å². The number of rotatable bonds is 3. The molecule has 0 bridgehead atoms. The molecule has 0 aliphatic rings. The topological polar surface area (TPSA) is 44.2 Å². The smallest absolute Gasteiger partial charge is 0.260 e. The highest BCUT2D eigenvalue weighted by Crippen LogP contribution is 2.37. The summed E-state index contributed by atoms with van der Waals surface area (Å²) in [7, 11) is 1.58. The molecule has 4 nitrogen and oxygen atoms in total. The molecule has 0 fully saturated rings. The van der Waals surface area contributed by atoms with E-state index in [0.29, 0.717) is 11.6 Å². The number of nitrogens with zero attached hydrogens (tertiary/aromatic N) is 2. The average Bonchev–Trinajstić information content (AvgIpc) is 2.41. The summed E-state index contributed by atoms with van der Waals surface area (Å²) < 4.78 is 12.2. The second-order valence-corrected chi connectivity index (χ2v) is 7.17. The lowest BCUT2D eigenvalue weighted by Gasteiger charge is -2.18. The van der Waals surface area contributed by atoms with Gasteiger partial charge in [0.05, 0.1) is 17.8 Å². The zero-order valence-corrected chi connectivity index (χ0v) is 15.4. The molecule has 0 spiro atoms. The van der Waals surface area contributed by atoms with Crippen molar-refractivity contribution in [1.29, 1.82) is 0 Å². The first-order valence-corrected chi connectivity index (χ1v) is 7.87. The van der Waals surface area contributed by atoms with E-state index in [2.05, 4.69) is 52.7 Å². The van der Waals surface area contributed by atoms with Gasteiger partial charge in [0, 0.05) is 5.41 Å². The summed E-state index contributed by atoms with van der Waals surface area (Å²) >= 11 is 3.54. The van der Waals surface area contributed by atoms with Gasteiger partial charge in [-0.25, -0.2) is 4.98 Å². The molecule has 0 atom stereocenters. The Balaban J connectivity index is 2.42. The average molecular weight is 365 g/mol. The molecule has 2 aromatic rings. The van der Waals surface area contributed by atoms with Crippen molar-refractivity contribution in [3.63, 3.8) is 0 Å². The van der Waals surface area contributed by atoms with Crippen LogP contribution in [-0.2, 0) is 5.41 Å². The van der Waals surface area contributed by atoms with Crippen LogP contribution < -0.4 is 9.47 Å². The van der Waals surface area contributed by atoms with Crippen molar-refractivity contribution in [2.75, 3.05) is 7.11 Å². The summed E-state index contributed by atoms with van der Waals surface area (Å²) in [4.78, 5) is 8.86. The molecule has 0 unspecified atom stereocenters. The van der Waals surface area contributed by atoms with E-state index >= 15 is 0 Å². The molecule has 0 saturated heterocycles. The van der Waals surface area contributed by atoms with Crippen molar-refractivity contribution >= 4 is 15.9 Å². The molecule has 1 heterocycles.